The van der Waals surface area contributed by atoms with Gasteiger partial charge in [0.05, 0.1) is 4.92 Å². The lowest BCUT2D eigenvalue weighted by Crippen LogP contribution is -2.07. The average molecular weight is 275 g/mol. The number of non-ortho nitro benzene ring substituents is 1. The summed E-state index contributed by atoms with van der Waals surface area (Å²) in [5, 5.41) is 20.1. The number of nitrogens with zero attached hydrogens (tertiary/aromatic N) is 4. The Labute approximate surface area is 109 Å². The van der Waals surface area contributed by atoms with Crippen molar-refractivity contribution in [3.63, 3.8) is 0 Å². The van der Waals surface area contributed by atoms with E-state index in [1.165, 1.54) is 12.1 Å². The minimum absolute atomic E-state index is 0.00721. The van der Waals surface area contributed by atoms with Crippen molar-refractivity contribution in [2.75, 3.05) is 0 Å². The van der Waals surface area contributed by atoms with Crippen LogP contribution in [0.25, 0.3) is 21.5 Å². The number of nitro groups is 1. The SMILES string of the molecule is O=c1[nH]nnc2c(-c3ccc([N+](=O)[O-])cc3)nsc12. The zero-order chi connectivity index (χ0) is 13.4. The normalized spacial score (nSPS) is 10.7. The molecule has 0 atom stereocenters. The van der Waals surface area contributed by atoms with Crippen molar-refractivity contribution >= 4 is 27.4 Å². The average Bonchev–Trinajstić information content (AvgIpc) is 2.84. The molecule has 3 rings (SSSR count). The topological polar surface area (TPSA) is 115 Å². The minimum atomic E-state index is -0.479. The summed E-state index contributed by atoms with van der Waals surface area (Å²) in [6, 6.07) is 5.88. The highest BCUT2D eigenvalue weighted by Crippen LogP contribution is 2.27. The van der Waals surface area contributed by atoms with Gasteiger partial charge in [0.2, 0.25) is 0 Å². The first-order valence-corrected chi connectivity index (χ1v) is 5.90. The Morgan fingerprint density at radius 1 is 1.26 bits per heavy atom. The summed E-state index contributed by atoms with van der Waals surface area (Å²) in [5.74, 6) is 0. The molecule has 0 saturated carbocycles. The predicted molar refractivity (Wildman–Crippen MR) is 67.9 cm³/mol. The van der Waals surface area contributed by atoms with Gasteiger partial charge in [-0.1, -0.05) is 5.21 Å². The van der Waals surface area contributed by atoms with Gasteiger partial charge < -0.3 is 0 Å². The molecule has 1 aromatic carbocycles. The number of fused-ring (bicyclic) bond motifs is 1. The van der Waals surface area contributed by atoms with E-state index < -0.39 is 4.92 Å². The standard InChI is InChI=1S/C10H5N5O3S/c16-10-9-8(11-14-12-10)7(13-19-9)5-1-3-6(4-2-5)15(17)18/h1-4H,(H,11,12,16). The summed E-state index contributed by atoms with van der Waals surface area (Å²) in [6.07, 6.45) is 0. The fraction of sp³-hybridized carbons (Fsp3) is 0. The van der Waals surface area contributed by atoms with Crippen LogP contribution in [0.1, 0.15) is 0 Å². The van der Waals surface area contributed by atoms with Crippen LogP contribution in [0, 0.1) is 10.1 Å². The Balaban J connectivity index is 2.17. The lowest BCUT2D eigenvalue weighted by Gasteiger charge is -1.96. The van der Waals surface area contributed by atoms with Gasteiger partial charge in [0.1, 0.15) is 15.9 Å². The maximum Gasteiger partial charge on any atom is 0.286 e. The molecule has 8 nitrogen and oxygen atoms in total. The van der Waals surface area contributed by atoms with E-state index in [4.69, 9.17) is 0 Å². The molecule has 0 fully saturated rings. The second-order valence-electron chi connectivity index (χ2n) is 3.65. The Kier molecular flexibility index (Phi) is 2.53. The van der Waals surface area contributed by atoms with Gasteiger partial charge in [-0.3, -0.25) is 14.9 Å². The first-order valence-electron chi connectivity index (χ1n) is 5.12. The summed E-state index contributed by atoms with van der Waals surface area (Å²) in [4.78, 5) is 21.6. The summed E-state index contributed by atoms with van der Waals surface area (Å²) in [6.45, 7) is 0. The third kappa shape index (κ3) is 1.85. The molecule has 19 heavy (non-hydrogen) atoms. The molecule has 0 spiro atoms. The second-order valence-corrected chi connectivity index (χ2v) is 4.43. The number of aromatic nitrogens is 4. The van der Waals surface area contributed by atoms with Gasteiger partial charge in [0.15, 0.2) is 0 Å². The van der Waals surface area contributed by atoms with E-state index >= 15 is 0 Å². The number of nitrogens with one attached hydrogen (secondary N) is 1. The number of rotatable bonds is 2. The van der Waals surface area contributed by atoms with Crippen molar-refractivity contribution in [3.8, 4) is 11.3 Å². The van der Waals surface area contributed by atoms with Gasteiger partial charge >= 0.3 is 0 Å². The van der Waals surface area contributed by atoms with E-state index in [1.807, 2.05) is 0 Å². The van der Waals surface area contributed by atoms with Crippen LogP contribution in [0.4, 0.5) is 5.69 Å². The monoisotopic (exact) mass is 275 g/mol. The molecule has 3 aromatic rings. The Morgan fingerprint density at radius 3 is 2.68 bits per heavy atom. The molecule has 0 aliphatic rings. The van der Waals surface area contributed by atoms with E-state index in [0.717, 1.165) is 11.5 Å². The fourth-order valence-electron chi connectivity index (χ4n) is 1.63. The molecule has 0 bridgehead atoms. The molecule has 1 N–H and O–H groups in total. The minimum Gasteiger partial charge on any atom is -0.266 e. The lowest BCUT2D eigenvalue weighted by molar-refractivity contribution is -0.384. The van der Waals surface area contributed by atoms with Gasteiger partial charge in [-0.15, -0.1) is 5.10 Å². The first kappa shape index (κ1) is 11.4. The molecule has 2 heterocycles. The molecular weight excluding hydrogens is 270 g/mol. The van der Waals surface area contributed by atoms with Crippen LogP contribution in [0.3, 0.4) is 0 Å². The number of hydrogen-bond acceptors (Lipinski definition) is 7. The van der Waals surface area contributed by atoms with Crippen molar-refractivity contribution in [2.24, 2.45) is 0 Å². The number of benzene rings is 1. The zero-order valence-electron chi connectivity index (χ0n) is 9.23. The molecule has 0 saturated heterocycles. The number of nitro benzene ring substituents is 1. The maximum absolute atomic E-state index is 11.5. The Bertz CT molecular complexity index is 823. The molecule has 94 valence electrons. The van der Waals surface area contributed by atoms with Crippen molar-refractivity contribution in [1.82, 2.24) is 19.8 Å². The molecule has 9 heteroatoms. The van der Waals surface area contributed by atoms with Crippen molar-refractivity contribution in [3.05, 3.63) is 44.7 Å². The predicted octanol–water partition coefficient (Wildman–Crippen LogP) is 1.35. The highest BCUT2D eigenvalue weighted by Gasteiger charge is 2.14. The van der Waals surface area contributed by atoms with E-state index in [-0.39, 0.29) is 11.2 Å². The van der Waals surface area contributed by atoms with E-state index in [0.29, 0.717) is 21.5 Å². The second kappa shape index (κ2) is 4.21. The zero-order valence-corrected chi connectivity index (χ0v) is 10.0. The Hall–Kier alpha value is -2.68. The summed E-state index contributed by atoms with van der Waals surface area (Å²) >= 11 is 1.02. The quantitative estimate of drug-likeness (QED) is 0.557. The fourth-order valence-corrected chi connectivity index (χ4v) is 2.36. The molecule has 0 unspecified atom stereocenters. The highest BCUT2D eigenvalue weighted by molar-refractivity contribution is 7.13. The largest absolute Gasteiger partial charge is 0.286 e. The van der Waals surface area contributed by atoms with E-state index in [9.17, 15) is 14.9 Å². The Morgan fingerprint density at radius 2 is 2.00 bits per heavy atom. The molecule has 0 amide bonds. The van der Waals surface area contributed by atoms with Crippen LogP contribution in [0.15, 0.2) is 29.1 Å². The van der Waals surface area contributed by atoms with Crippen LogP contribution in [0.2, 0.25) is 0 Å². The van der Waals surface area contributed by atoms with Gasteiger partial charge in [0.25, 0.3) is 11.2 Å². The van der Waals surface area contributed by atoms with Gasteiger partial charge in [-0.25, -0.2) is 5.10 Å². The van der Waals surface area contributed by atoms with Crippen LogP contribution in [-0.4, -0.2) is 24.7 Å². The molecule has 0 radical (unpaired) electrons. The van der Waals surface area contributed by atoms with Crippen molar-refractivity contribution in [2.45, 2.75) is 0 Å². The summed E-state index contributed by atoms with van der Waals surface area (Å²) < 4.78 is 4.53. The molecule has 2 aromatic heterocycles. The van der Waals surface area contributed by atoms with Gasteiger partial charge in [0, 0.05) is 17.7 Å². The molecular formula is C10H5N5O3S. The number of aromatic amines is 1. The third-order valence-corrected chi connectivity index (χ3v) is 3.36. The summed E-state index contributed by atoms with van der Waals surface area (Å²) in [7, 11) is 0. The van der Waals surface area contributed by atoms with Crippen LogP contribution in [-0.2, 0) is 0 Å². The highest BCUT2D eigenvalue weighted by atomic mass is 32.1. The number of H-pyrrole nitrogens is 1. The lowest BCUT2D eigenvalue weighted by atomic mass is 10.1. The van der Waals surface area contributed by atoms with Crippen molar-refractivity contribution < 1.29 is 4.92 Å². The number of hydrogen-bond donors (Lipinski definition) is 1. The van der Waals surface area contributed by atoms with Crippen molar-refractivity contribution in [1.29, 1.82) is 0 Å². The smallest absolute Gasteiger partial charge is 0.266 e. The molecule has 0 aliphatic heterocycles. The van der Waals surface area contributed by atoms with Crippen LogP contribution < -0.4 is 5.56 Å². The van der Waals surface area contributed by atoms with Gasteiger partial charge in [-0.2, -0.15) is 4.37 Å². The first-order chi connectivity index (χ1) is 9.16. The maximum atomic E-state index is 11.5. The third-order valence-electron chi connectivity index (χ3n) is 2.53. The van der Waals surface area contributed by atoms with Crippen LogP contribution in [0.5, 0.6) is 0 Å². The summed E-state index contributed by atoms with van der Waals surface area (Å²) in [5.41, 5.74) is 1.18. The van der Waals surface area contributed by atoms with E-state index in [1.54, 1.807) is 12.1 Å². The van der Waals surface area contributed by atoms with Gasteiger partial charge in [-0.05, 0) is 23.7 Å². The van der Waals surface area contributed by atoms with Crippen LogP contribution >= 0.6 is 11.5 Å². The molecule has 0 aliphatic carbocycles. The van der Waals surface area contributed by atoms with E-state index in [2.05, 4.69) is 19.8 Å².